The van der Waals surface area contributed by atoms with Crippen molar-refractivity contribution in [1.82, 2.24) is 4.98 Å². The van der Waals surface area contributed by atoms with E-state index in [2.05, 4.69) is 20.9 Å². The molecule has 0 aliphatic rings. The van der Waals surface area contributed by atoms with Crippen LogP contribution in [0.1, 0.15) is 5.56 Å². The number of nitrogens with two attached hydrogens (primary N) is 1. The van der Waals surface area contributed by atoms with Gasteiger partial charge in [-0.15, -0.1) is 0 Å². The Morgan fingerprint density at radius 1 is 1.28 bits per heavy atom. The van der Waals surface area contributed by atoms with Gasteiger partial charge in [-0.1, -0.05) is 17.7 Å². The van der Waals surface area contributed by atoms with Gasteiger partial charge in [0.05, 0.1) is 6.20 Å². The van der Waals surface area contributed by atoms with Gasteiger partial charge in [0.1, 0.15) is 11.5 Å². The zero-order valence-corrected chi connectivity index (χ0v) is 11.9. The summed E-state index contributed by atoms with van der Waals surface area (Å²) in [6, 6.07) is 7.39. The standard InChI is InChI=1S/C13H12BrClN2O/c14-10-5-12(8-17-7-10)18-13-6-11(15)2-1-9(13)3-4-16/h1-2,5-8H,3-4,16H2. The highest BCUT2D eigenvalue weighted by Crippen LogP contribution is 2.29. The summed E-state index contributed by atoms with van der Waals surface area (Å²) in [6.45, 7) is 0.564. The molecule has 18 heavy (non-hydrogen) atoms. The van der Waals surface area contributed by atoms with Crippen molar-refractivity contribution in [3.05, 3.63) is 51.7 Å². The van der Waals surface area contributed by atoms with Crippen LogP contribution in [0, 0.1) is 0 Å². The minimum absolute atomic E-state index is 0.564. The van der Waals surface area contributed by atoms with Gasteiger partial charge in [-0.3, -0.25) is 4.98 Å². The molecule has 1 aromatic carbocycles. The van der Waals surface area contributed by atoms with E-state index in [-0.39, 0.29) is 0 Å². The maximum atomic E-state index is 5.98. The third-order valence-corrected chi connectivity index (χ3v) is 3.02. The van der Waals surface area contributed by atoms with E-state index in [0.29, 0.717) is 23.1 Å². The fourth-order valence-electron chi connectivity index (χ4n) is 1.56. The lowest BCUT2D eigenvalue weighted by atomic mass is 10.1. The fraction of sp³-hybridized carbons (Fsp3) is 0.154. The highest BCUT2D eigenvalue weighted by Gasteiger charge is 2.06. The van der Waals surface area contributed by atoms with Crippen molar-refractivity contribution >= 4 is 27.5 Å². The largest absolute Gasteiger partial charge is 0.455 e. The van der Waals surface area contributed by atoms with Crippen molar-refractivity contribution < 1.29 is 4.74 Å². The molecular weight excluding hydrogens is 316 g/mol. The number of benzene rings is 1. The van der Waals surface area contributed by atoms with Crippen molar-refractivity contribution in [3.63, 3.8) is 0 Å². The van der Waals surface area contributed by atoms with Crippen LogP contribution in [0.15, 0.2) is 41.1 Å². The van der Waals surface area contributed by atoms with E-state index in [9.17, 15) is 0 Å². The second-order valence-corrected chi connectivity index (χ2v) is 5.08. The molecule has 2 aromatic rings. The average Bonchev–Trinajstić information content (AvgIpc) is 2.33. The molecule has 5 heteroatoms. The predicted molar refractivity (Wildman–Crippen MR) is 76.2 cm³/mol. The Morgan fingerprint density at radius 3 is 2.83 bits per heavy atom. The number of hydrogen-bond donors (Lipinski definition) is 1. The lowest BCUT2D eigenvalue weighted by Gasteiger charge is -2.11. The highest BCUT2D eigenvalue weighted by atomic mass is 79.9. The highest BCUT2D eigenvalue weighted by molar-refractivity contribution is 9.10. The average molecular weight is 328 g/mol. The summed E-state index contributed by atoms with van der Waals surface area (Å²) in [5.41, 5.74) is 6.61. The maximum absolute atomic E-state index is 5.98. The van der Waals surface area contributed by atoms with Gasteiger partial charge in [0.25, 0.3) is 0 Å². The van der Waals surface area contributed by atoms with Crippen LogP contribution in [-0.2, 0) is 6.42 Å². The number of halogens is 2. The molecule has 94 valence electrons. The Balaban J connectivity index is 2.29. The van der Waals surface area contributed by atoms with Crippen LogP contribution in [-0.4, -0.2) is 11.5 Å². The number of aromatic nitrogens is 1. The Kier molecular flexibility index (Phi) is 4.58. The second-order valence-electron chi connectivity index (χ2n) is 3.73. The third kappa shape index (κ3) is 3.45. The summed E-state index contributed by atoms with van der Waals surface area (Å²) in [5.74, 6) is 1.37. The predicted octanol–water partition coefficient (Wildman–Crippen LogP) is 3.79. The van der Waals surface area contributed by atoms with Gasteiger partial charge in [-0.2, -0.15) is 0 Å². The molecule has 0 saturated heterocycles. The number of hydrogen-bond acceptors (Lipinski definition) is 3. The minimum Gasteiger partial charge on any atom is -0.455 e. The smallest absolute Gasteiger partial charge is 0.146 e. The molecule has 0 atom stereocenters. The molecule has 0 unspecified atom stereocenters. The monoisotopic (exact) mass is 326 g/mol. The fourth-order valence-corrected chi connectivity index (χ4v) is 2.07. The van der Waals surface area contributed by atoms with Crippen LogP contribution >= 0.6 is 27.5 Å². The van der Waals surface area contributed by atoms with Gasteiger partial charge in [-0.05, 0) is 52.7 Å². The molecule has 0 saturated carbocycles. The van der Waals surface area contributed by atoms with Gasteiger partial charge in [0.15, 0.2) is 0 Å². The Morgan fingerprint density at radius 2 is 2.11 bits per heavy atom. The second kappa shape index (κ2) is 6.18. The first-order chi connectivity index (χ1) is 8.69. The molecule has 0 radical (unpaired) electrons. The van der Waals surface area contributed by atoms with Crippen molar-refractivity contribution in [2.24, 2.45) is 5.73 Å². The van der Waals surface area contributed by atoms with Crippen LogP contribution in [0.4, 0.5) is 0 Å². The topological polar surface area (TPSA) is 48.1 Å². The van der Waals surface area contributed by atoms with E-state index in [1.54, 1.807) is 18.5 Å². The number of nitrogens with zero attached hydrogens (tertiary/aromatic N) is 1. The van der Waals surface area contributed by atoms with Crippen molar-refractivity contribution in [2.75, 3.05) is 6.54 Å². The minimum atomic E-state index is 0.564. The molecule has 1 heterocycles. The first-order valence-electron chi connectivity index (χ1n) is 5.46. The first kappa shape index (κ1) is 13.3. The zero-order valence-electron chi connectivity index (χ0n) is 9.57. The van der Waals surface area contributed by atoms with Crippen LogP contribution in [0.25, 0.3) is 0 Å². The van der Waals surface area contributed by atoms with Crippen LogP contribution < -0.4 is 10.5 Å². The zero-order chi connectivity index (χ0) is 13.0. The molecule has 3 nitrogen and oxygen atoms in total. The quantitative estimate of drug-likeness (QED) is 0.929. The van der Waals surface area contributed by atoms with Crippen molar-refractivity contribution in [2.45, 2.75) is 6.42 Å². The summed E-state index contributed by atoms with van der Waals surface area (Å²) >= 11 is 9.33. The Labute approximate surface area is 119 Å². The molecule has 2 N–H and O–H groups in total. The lowest BCUT2D eigenvalue weighted by molar-refractivity contribution is 0.473. The van der Waals surface area contributed by atoms with Crippen molar-refractivity contribution in [1.29, 1.82) is 0 Å². The van der Waals surface area contributed by atoms with Crippen LogP contribution in [0.5, 0.6) is 11.5 Å². The summed E-state index contributed by atoms with van der Waals surface area (Å²) in [6.07, 6.45) is 4.09. The van der Waals surface area contributed by atoms with Crippen molar-refractivity contribution in [3.8, 4) is 11.5 Å². The van der Waals surface area contributed by atoms with Gasteiger partial charge >= 0.3 is 0 Å². The molecule has 0 aliphatic carbocycles. The molecule has 0 fully saturated rings. The maximum Gasteiger partial charge on any atom is 0.146 e. The third-order valence-electron chi connectivity index (χ3n) is 2.35. The molecule has 0 aliphatic heterocycles. The van der Waals surface area contributed by atoms with E-state index in [1.807, 2.05) is 18.2 Å². The number of ether oxygens (including phenoxy) is 1. The van der Waals surface area contributed by atoms with Gasteiger partial charge in [0.2, 0.25) is 0 Å². The summed E-state index contributed by atoms with van der Waals surface area (Å²) < 4.78 is 6.65. The summed E-state index contributed by atoms with van der Waals surface area (Å²) in [5, 5.41) is 0.633. The molecule has 0 spiro atoms. The lowest BCUT2D eigenvalue weighted by Crippen LogP contribution is -2.04. The molecule has 1 aromatic heterocycles. The Hall–Kier alpha value is -1.10. The SMILES string of the molecule is NCCc1ccc(Cl)cc1Oc1cncc(Br)c1. The van der Waals surface area contributed by atoms with E-state index in [4.69, 9.17) is 22.1 Å². The summed E-state index contributed by atoms with van der Waals surface area (Å²) in [7, 11) is 0. The van der Waals surface area contributed by atoms with E-state index < -0.39 is 0 Å². The first-order valence-corrected chi connectivity index (χ1v) is 6.63. The molecule has 2 rings (SSSR count). The summed E-state index contributed by atoms with van der Waals surface area (Å²) in [4.78, 5) is 4.05. The van der Waals surface area contributed by atoms with Crippen LogP contribution in [0.3, 0.4) is 0 Å². The van der Waals surface area contributed by atoms with E-state index >= 15 is 0 Å². The molecule has 0 amide bonds. The van der Waals surface area contributed by atoms with E-state index in [0.717, 1.165) is 16.5 Å². The number of pyridine rings is 1. The Bertz CT molecular complexity index is 548. The van der Waals surface area contributed by atoms with E-state index in [1.165, 1.54) is 0 Å². The number of rotatable bonds is 4. The van der Waals surface area contributed by atoms with Gasteiger partial charge < -0.3 is 10.5 Å². The van der Waals surface area contributed by atoms with Gasteiger partial charge in [-0.25, -0.2) is 0 Å². The van der Waals surface area contributed by atoms with Gasteiger partial charge in [0, 0.05) is 15.7 Å². The molecular formula is C13H12BrClN2O. The van der Waals surface area contributed by atoms with Crippen LogP contribution in [0.2, 0.25) is 5.02 Å². The normalized spacial score (nSPS) is 10.4. The molecule has 0 bridgehead atoms.